The van der Waals surface area contributed by atoms with E-state index in [1.807, 2.05) is 0 Å². The van der Waals surface area contributed by atoms with Gasteiger partial charge in [-0.1, -0.05) is 0 Å². The fourth-order valence-electron chi connectivity index (χ4n) is 1.94. The van der Waals surface area contributed by atoms with Gasteiger partial charge in [0.15, 0.2) is 0 Å². The average Bonchev–Trinajstić information content (AvgIpc) is 2.39. The zero-order chi connectivity index (χ0) is 12.3. The van der Waals surface area contributed by atoms with E-state index in [9.17, 15) is 9.59 Å². The topological polar surface area (TPSA) is 77.0 Å². The Labute approximate surface area is 98.7 Å². The van der Waals surface area contributed by atoms with E-state index < -0.39 is 0 Å². The summed E-state index contributed by atoms with van der Waals surface area (Å²) < 4.78 is 0. The highest BCUT2D eigenvalue weighted by Crippen LogP contribution is 2.17. The number of nitrogens with zero attached hydrogens (tertiary/aromatic N) is 2. The summed E-state index contributed by atoms with van der Waals surface area (Å²) in [7, 11) is 0. The van der Waals surface area contributed by atoms with E-state index in [0.717, 1.165) is 12.8 Å². The number of hydrogen-bond acceptors (Lipinski definition) is 3. The number of aromatic amines is 1. The number of nitriles is 1. The molecule has 2 heterocycles. The van der Waals surface area contributed by atoms with Crippen LogP contribution in [0.4, 0.5) is 0 Å². The van der Waals surface area contributed by atoms with Gasteiger partial charge in [-0.3, -0.25) is 9.59 Å². The molecular weight excluding hydrogens is 218 g/mol. The van der Waals surface area contributed by atoms with Crippen molar-refractivity contribution < 1.29 is 4.79 Å². The van der Waals surface area contributed by atoms with Gasteiger partial charge in [0.25, 0.3) is 5.91 Å². The van der Waals surface area contributed by atoms with Gasteiger partial charge in [0.2, 0.25) is 5.56 Å². The maximum Gasteiger partial charge on any atom is 0.255 e. The molecular formula is C12H13N3O2. The number of aromatic nitrogens is 1. The van der Waals surface area contributed by atoms with Crippen molar-refractivity contribution in [1.29, 1.82) is 5.26 Å². The van der Waals surface area contributed by atoms with Crippen molar-refractivity contribution in [3.05, 3.63) is 34.2 Å². The number of nitrogens with one attached hydrogen (secondary N) is 1. The Balaban J connectivity index is 2.04. The fourth-order valence-corrected chi connectivity index (χ4v) is 1.94. The Morgan fingerprint density at radius 2 is 2.12 bits per heavy atom. The minimum absolute atomic E-state index is 0.0645. The molecule has 0 spiro atoms. The summed E-state index contributed by atoms with van der Waals surface area (Å²) in [6, 6.07) is 5.09. The standard InChI is InChI=1S/C12H13N3O2/c13-7-9-3-5-15(6-4-9)12(17)10-1-2-11(16)14-8-10/h1-2,8-9H,3-6H2,(H,14,16). The van der Waals surface area contributed by atoms with Crippen LogP contribution >= 0.6 is 0 Å². The van der Waals surface area contributed by atoms with Gasteiger partial charge in [-0.15, -0.1) is 0 Å². The zero-order valence-electron chi connectivity index (χ0n) is 9.35. The molecule has 1 fully saturated rings. The van der Waals surface area contributed by atoms with E-state index in [1.54, 1.807) is 4.90 Å². The Morgan fingerprint density at radius 1 is 1.41 bits per heavy atom. The van der Waals surface area contributed by atoms with Crippen LogP contribution in [0.1, 0.15) is 23.2 Å². The van der Waals surface area contributed by atoms with Gasteiger partial charge in [-0.05, 0) is 18.9 Å². The second-order valence-corrected chi connectivity index (χ2v) is 4.14. The average molecular weight is 231 g/mol. The zero-order valence-corrected chi connectivity index (χ0v) is 9.35. The van der Waals surface area contributed by atoms with Crippen molar-refractivity contribution in [2.45, 2.75) is 12.8 Å². The Kier molecular flexibility index (Phi) is 3.24. The van der Waals surface area contributed by atoms with Crippen molar-refractivity contribution in [2.24, 2.45) is 5.92 Å². The van der Waals surface area contributed by atoms with Gasteiger partial charge < -0.3 is 9.88 Å². The Morgan fingerprint density at radius 3 is 2.65 bits per heavy atom. The first-order valence-corrected chi connectivity index (χ1v) is 5.58. The van der Waals surface area contributed by atoms with Crippen LogP contribution in [0.2, 0.25) is 0 Å². The summed E-state index contributed by atoms with van der Waals surface area (Å²) in [5.74, 6) is -0.0210. The maximum atomic E-state index is 12.0. The molecule has 0 aromatic carbocycles. The molecule has 0 saturated carbocycles. The van der Waals surface area contributed by atoms with Crippen LogP contribution in [0.3, 0.4) is 0 Å². The molecule has 0 aliphatic carbocycles. The van der Waals surface area contributed by atoms with Gasteiger partial charge in [-0.2, -0.15) is 5.26 Å². The van der Waals surface area contributed by atoms with Gasteiger partial charge in [0, 0.05) is 31.3 Å². The largest absolute Gasteiger partial charge is 0.339 e. The van der Waals surface area contributed by atoms with E-state index in [-0.39, 0.29) is 17.4 Å². The van der Waals surface area contributed by atoms with Crippen LogP contribution < -0.4 is 5.56 Å². The quantitative estimate of drug-likeness (QED) is 0.774. The lowest BCUT2D eigenvalue weighted by Crippen LogP contribution is -2.38. The summed E-state index contributed by atoms with van der Waals surface area (Å²) in [5.41, 5.74) is 0.268. The molecule has 1 N–H and O–H groups in total. The second kappa shape index (κ2) is 4.83. The molecule has 1 aliphatic heterocycles. The molecule has 17 heavy (non-hydrogen) atoms. The molecule has 0 unspecified atom stereocenters. The number of pyridine rings is 1. The number of piperidine rings is 1. The predicted octanol–water partition coefficient (Wildman–Crippen LogP) is 0.751. The highest BCUT2D eigenvalue weighted by molar-refractivity contribution is 5.93. The molecule has 5 heteroatoms. The summed E-state index contributed by atoms with van der Waals surface area (Å²) >= 11 is 0. The molecule has 1 saturated heterocycles. The molecule has 5 nitrogen and oxygen atoms in total. The smallest absolute Gasteiger partial charge is 0.255 e. The first-order chi connectivity index (χ1) is 8.20. The summed E-state index contributed by atoms with van der Waals surface area (Å²) in [4.78, 5) is 27.1. The lowest BCUT2D eigenvalue weighted by molar-refractivity contribution is 0.0707. The van der Waals surface area contributed by atoms with Gasteiger partial charge >= 0.3 is 0 Å². The van der Waals surface area contributed by atoms with Gasteiger partial charge in [0.05, 0.1) is 11.6 Å². The van der Waals surface area contributed by atoms with Crippen LogP contribution in [0, 0.1) is 17.2 Å². The van der Waals surface area contributed by atoms with E-state index in [1.165, 1.54) is 18.3 Å². The fraction of sp³-hybridized carbons (Fsp3) is 0.417. The SMILES string of the molecule is N#CC1CCN(C(=O)c2ccc(=O)[nH]c2)CC1. The van der Waals surface area contributed by atoms with E-state index >= 15 is 0 Å². The van der Waals surface area contributed by atoms with Gasteiger partial charge in [-0.25, -0.2) is 0 Å². The van der Waals surface area contributed by atoms with Crippen molar-refractivity contribution >= 4 is 5.91 Å². The second-order valence-electron chi connectivity index (χ2n) is 4.14. The summed E-state index contributed by atoms with van der Waals surface area (Å²) in [6.45, 7) is 1.21. The number of rotatable bonds is 1. The highest BCUT2D eigenvalue weighted by Gasteiger charge is 2.23. The normalized spacial score (nSPS) is 16.5. The lowest BCUT2D eigenvalue weighted by Gasteiger charge is -2.29. The number of H-pyrrole nitrogens is 1. The highest BCUT2D eigenvalue weighted by atomic mass is 16.2. The molecule has 1 aromatic heterocycles. The van der Waals surface area contributed by atoms with Crippen molar-refractivity contribution in [3.8, 4) is 6.07 Å². The van der Waals surface area contributed by atoms with Crippen LogP contribution in [0.15, 0.2) is 23.1 Å². The molecule has 1 aliphatic rings. The Bertz CT molecular complexity index is 487. The number of hydrogen-bond donors (Lipinski definition) is 1. The van der Waals surface area contributed by atoms with Crippen LogP contribution in [0.25, 0.3) is 0 Å². The first kappa shape index (κ1) is 11.4. The molecule has 1 aromatic rings. The molecule has 88 valence electrons. The van der Waals surface area contributed by atoms with E-state index in [2.05, 4.69) is 11.1 Å². The van der Waals surface area contributed by atoms with Crippen molar-refractivity contribution in [1.82, 2.24) is 9.88 Å². The third-order valence-electron chi connectivity index (χ3n) is 3.00. The number of carbonyl (C=O) groups is 1. The molecule has 0 atom stereocenters. The summed E-state index contributed by atoms with van der Waals surface area (Å²) in [6.07, 6.45) is 2.89. The third kappa shape index (κ3) is 2.53. The minimum Gasteiger partial charge on any atom is -0.339 e. The molecule has 0 radical (unpaired) electrons. The van der Waals surface area contributed by atoms with Crippen LogP contribution in [-0.4, -0.2) is 28.9 Å². The Hall–Kier alpha value is -2.09. The maximum absolute atomic E-state index is 12.0. The van der Waals surface area contributed by atoms with Crippen LogP contribution in [-0.2, 0) is 0 Å². The van der Waals surface area contributed by atoms with Gasteiger partial charge in [0.1, 0.15) is 0 Å². The third-order valence-corrected chi connectivity index (χ3v) is 3.00. The predicted molar refractivity (Wildman–Crippen MR) is 61.3 cm³/mol. The molecule has 2 rings (SSSR count). The lowest BCUT2D eigenvalue weighted by atomic mass is 9.98. The molecule has 0 bridgehead atoms. The monoisotopic (exact) mass is 231 g/mol. The number of likely N-dealkylation sites (tertiary alicyclic amines) is 1. The van der Waals surface area contributed by atoms with Crippen molar-refractivity contribution in [2.75, 3.05) is 13.1 Å². The molecule has 1 amide bonds. The number of amides is 1. The van der Waals surface area contributed by atoms with Crippen LogP contribution in [0.5, 0.6) is 0 Å². The summed E-state index contributed by atoms with van der Waals surface area (Å²) in [5, 5.41) is 8.77. The minimum atomic E-state index is -0.218. The van der Waals surface area contributed by atoms with E-state index in [0.29, 0.717) is 18.7 Å². The van der Waals surface area contributed by atoms with Crippen molar-refractivity contribution in [3.63, 3.8) is 0 Å². The first-order valence-electron chi connectivity index (χ1n) is 5.58. The van der Waals surface area contributed by atoms with E-state index in [4.69, 9.17) is 5.26 Å². The number of carbonyl (C=O) groups excluding carboxylic acids is 1.